The van der Waals surface area contributed by atoms with E-state index in [9.17, 15) is 19.7 Å². The molecule has 0 saturated carbocycles. The summed E-state index contributed by atoms with van der Waals surface area (Å²) >= 11 is 1.24. The predicted molar refractivity (Wildman–Crippen MR) is 106 cm³/mol. The summed E-state index contributed by atoms with van der Waals surface area (Å²) in [4.78, 5) is 47.0. The smallest absolute Gasteiger partial charge is 0.269 e. The van der Waals surface area contributed by atoms with Gasteiger partial charge in [0.05, 0.1) is 21.5 Å². The second kappa shape index (κ2) is 7.04. The lowest BCUT2D eigenvalue weighted by molar-refractivity contribution is -0.384. The van der Waals surface area contributed by atoms with Gasteiger partial charge in [-0.3, -0.25) is 19.7 Å². The second-order valence-electron chi connectivity index (χ2n) is 6.52. The molecule has 9 nitrogen and oxygen atoms in total. The molecule has 2 aromatic heterocycles. The number of carbonyl (C=O) groups is 1. The van der Waals surface area contributed by atoms with Crippen LogP contribution in [0.5, 0.6) is 0 Å². The van der Waals surface area contributed by atoms with Crippen molar-refractivity contribution in [3.63, 3.8) is 0 Å². The van der Waals surface area contributed by atoms with E-state index in [0.29, 0.717) is 46.8 Å². The number of benzene rings is 1. The minimum atomic E-state index is -0.423. The Morgan fingerprint density at radius 2 is 1.89 bits per heavy atom. The number of thiophene rings is 1. The Morgan fingerprint density at radius 1 is 1.21 bits per heavy atom. The van der Waals surface area contributed by atoms with Gasteiger partial charge in [0.1, 0.15) is 4.83 Å². The maximum Gasteiger partial charge on any atom is 0.269 e. The van der Waals surface area contributed by atoms with Crippen molar-refractivity contribution < 1.29 is 9.72 Å². The Morgan fingerprint density at radius 3 is 2.50 bits per heavy atom. The van der Waals surface area contributed by atoms with Crippen LogP contribution in [0.4, 0.5) is 11.4 Å². The summed E-state index contributed by atoms with van der Waals surface area (Å²) in [6, 6.07) is 6.42. The van der Waals surface area contributed by atoms with Gasteiger partial charge < -0.3 is 14.8 Å². The fraction of sp³-hybridized carbons (Fsp3) is 0.278. The molecule has 28 heavy (non-hydrogen) atoms. The summed E-state index contributed by atoms with van der Waals surface area (Å²) in [7, 11) is 0. The van der Waals surface area contributed by atoms with Gasteiger partial charge >= 0.3 is 0 Å². The Balaban J connectivity index is 1.49. The maximum absolute atomic E-state index is 13.0. The van der Waals surface area contributed by atoms with E-state index in [2.05, 4.69) is 14.9 Å². The summed E-state index contributed by atoms with van der Waals surface area (Å²) in [5, 5.41) is 11.2. The van der Waals surface area contributed by atoms with Crippen LogP contribution in [0, 0.1) is 17.0 Å². The lowest BCUT2D eigenvalue weighted by Crippen LogP contribution is -2.48. The molecule has 1 N–H and O–H groups in total. The first-order chi connectivity index (χ1) is 13.5. The third-order valence-corrected chi connectivity index (χ3v) is 6.11. The highest BCUT2D eigenvalue weighted by Gasteiger charge is 2.26. The number of carbonyl (C=O) groups excluding carboxylic acids is 1. The summed E-state index contributed by atoms with van der Waals surface area (Å²) < 4.78 is 0. The molecule has 1 aliphatic heterocycles. The van der Waals surface area contributed by atoms with Gasteiger partial charge in [-0.1, -0.05) is 0 Å². The van der Waals surface area contributed by atoms with Crippen molar-refractivity contribution in [3.8, 4) is 0 Å². The molecule has 0 unspecified atom stereocenters. The van der Waals surface area contributed by atoms with Crippen LogP contribution in [0.25, 0.3) is 10.2 Å². The molecule has 0 bridgehead atoms. The van der Waals surface area contributed by atoms with Crippen molar-refractivity contribution in [1.29, 1.82) is 0 Å². The van der Waals surface area contributed by atoms with Crippen LogP contribution in [0.15, 0.2) is 35.4 Å². The molecule has 1 aliphatic rings. The fourth-order valence-electron chi connectivity index (χ4n) is 3.38. The van der Waals surface area contributed by atoms with Crippen molar-refractivity contribution in [1.82, 2.24) is 14.9 Å². The average Bonchev–Trinajstić information content (AvgIpc) is 3.05. The topological polar surface area (TPSA) is 112 Å². The predicted octanol–water partition coefficient (Wildman–Crippen LogP) is 2.16. The van der Waals surface area contributed by atoms with Crippen LogP contribution >= 0.6 is 11.3 Å². The number of nitrogens with one attached hydrogen (secondary N) is 1. The van der Waals surface area contributed by atoms with Gasteiger partial charge in [0.2, 0.25) is 0 Å². The van der Waals surface area contributed by atoms with E-state index in [0.717, 1.165) is 5.69 Å². The SMILES string of the molecule is Cc1c(C(=O)N2CCN(c3ccc([N+](=O)[O-])cc3)CC2)sc2nc[nH]c(=O)c12. The van der Waals surface area contributed by atoms with E-state index < -0.39 is 4.92 Å². The molecule has 1 saturated heterocycles. The minimum absolute atomic E-state index is 0.0568. The number of fused-ring (bicyclic) bond motifs is 1. The van der Waals surface area contributed by atoms with E-state index in [1.807, 2.05) is 0 Å². The second-order valence-corrected chi connectivity index (χ2v) is 7.52. The number of aromatic amines is 1. The van der Waals surface area contributed by atoms with E-state index >= 15 is 0 Å². The van der Waals surface area contributed by atoms with Crippen LogP contribution in [-0.2, 0) is 0 Å². The molecule has 3 heterocycles. The number of aromatic nitrogens is 2. The Kier molecular flexibility index (Phi) is 4.55. The zero-order valence-corrected chi connectivity index (χ0v) is 15.9. The number of hydrogen-bond donors (Lipinski definition) is 1. The first kappa shape index (κ1) is 18.1. The summed E-state index contributed by atoms with van der Waals surface area (Å²) in [5.74, 6) is -0.0942. The standard InChI is InChI=1S/C18H17N5O4S/c1-11-14-16(24)19-10-20-17(14)28-15(11)18(25)22-8-6-21(7-9-22)12-2-4-13(5-3-12)23(26)27/h2-5,10H,6-9H2,1H3,(H,19,20,24). The first-order valence-electron chi connectivity index (χ1n) is 8.71. The number of piperazine rings is 1. The van der Waals surface area contributed by atoms with Gasteiger partial charge in [-0.15, -0.1) is 11.3 Å². The lowest BCUT2D eigenvalue weighted by atomic mass is 10.2. The Labute approximate surface area is 163 Å². The number of aryl methyl sites for hydroxylation is 1. The number of amides is 1. The first-order valence-corrected chi connectivity index (χ1v) is 9.53. The molecule has 0 atom stereocenters. The number of nitrogens with zero attached hydrogens (tertiary/aromatic N) is 4. The summed E-state index contributed by atoms with van der Waals surface area (Å²) in [6.07, 6.45) is 1.35. The number of H-pyrrole nitrogens is 1. The normalized spacial score (nSPS) is 14.5. The molecule has 4 rings (SSSR count). The zero-order chi connectivity index (χ0) is 19.8. The maximum atomic E-state index is 13.0. The van der Waals surface area contributed by atoms with Gasteiger partial charge in [-0.05, 0) is 24.6 Å². The number of hydrogen-bond acceptors (Lipinski definition) is 7. The monoisotopic (exact) mass is 399 g/mol. The number of nitro benzene ring substituents is 1. The van der Waals surface area contributed by atoms with Crippen molar-refractivity contribution >= 4 is 38.8 Å². The Bertz CT molecular complexity index is 1110. The highest BCUT2D eigenvalue weighted by atomic mass is 32.1. The van der Waals surface area contributed by atoms with Crippen LogP contribution in [0.3, 0.4) is 0 Å². The van der Waals surface area contributed by atoms with Crippen LogP contribution < -0.4 is 10.5 Å². The van der Waals surface area contributed by atoms with E-state index in [1.54, 1.807) is 24.0 Å². The molecule has 144 valence electrons. The largest absolute Gasteiger partial charge is 0.368 e. The van der Waals surface area contributed by atoms with E-state index in [-0.39, 0.29) is 17.2 Å². The molecule has 10 heteroatoms. The highest BCUT2D eigenvalue weighted by Crippen LogP contribution is 2.28. The number of nitro groups is 1. The van der Waals surface area contributed by atoms with Crippen molar-refractivity contribution in [2.24, 2.45) is 0 Å². The van der Waals surface area contributed by atoms with Gasteiger partial charge in [0, 0.05) is 44.0 Å². The number of rotatable bonds is 3. The molecule has 0 radical (unpaired) electrons. The molecule has 1 amide bonds. The van der Waals surface area contributed by atoms with Crippen molar-refractivity contribution in [3.05, 3.63) is 61.5 Å². The molecular weight excluding hydrogens is 382 g/mol. The molecule has 3 aromatic rings. The zero-order valence-electron chi connectivity index (χ0n) is 15.0. The lowest BCUT2D eigenvalue weighted by Gasteiger charge is -2.36. The summed E-state index contributed by atoms with van der Waals surface area (Å²) in [6.45, 7) is 4.11. The highest BCUT2D eigenvalue weighted by molar-refractivity contribution is 7.20. The molecule has 1 aromatic carbocycles. The third kappa shape index (κ3) is 3.11. The van der Waals surface area contributed by atoms with Gasteiger partial charge in [0.25, 0.3) is 17.2 Å². The minimum Gasteiger partial charge on any atom is -0.368 e. The molecular formula is C18H17N5O4S. The summed E-state index contributed by atoms with van der Waals surface area (Å²) in [5.41, 5.74) is 1.38. The van der Waals surface area contributed by atoms with Crippen molar-refractivity contribution in [2.45, 2.75) is 6.92 Å². The Hall–Kier alpha value is -3.27. The van der Waals surface area contributed by atoms with E-state index in [1.165, 1.54) is 29.8 Å². The molecule has 0 aliphatic carbocycles. The van der Waals surface area contributed by atoms with Crippen LogP contribution in [0.1, 0.15) is 15.2 Å². The van der Waals surface area contributed by atoms with Crippen LogP contribution in [0.2, 0.25) is 0 Å². The van der Waals surface area contributed by atoms with Crippen molar-refractivity contribution in [2.75, 3.05) is 31.1 Å². The average molecular weight is 399 g/mol. The van der Waals surface area contributed by atoms with E-state index in [4.69, 9.17) is 0 Å². The molecule has 0 spiro atoms. The van der Waals surface area contributed by atoms with Gasteiger partial charge in [0.15, 0.2) is 0 Å². The van der Waals surface area contributed by atoms with Gasteiger partial charge in [-0.25, -0.2) is 4.98 Å². The molecule has 1 fully saturated rings. The number of non-ortho nitro benzene ring substituents is 1. The van der Waals surface area contributed by atoms with Gasteiger partial charge in [-0.2, -0.15) is 0 Å². The quantitative estimate of drug-likeness (QED) is 0.533. The van der Waals surface area contributed by atoms with Crippen LogP contribution in [-0.4, -0.2) is 51.9 Å². The third-order valence-electron chi connectivity index (χ3n) is 4.92. The number of anilines is 1. The fourth-order valence-corrected chi connectivity index (χ4v) is 4.50.